The van der Waals surface area contributed by atoms with Gasteiger partial charge in [0, 0.05) is 25.8 Å². The van der Waals surface area contributed by atoms with E-state index in [2.05, 4.69) is 34.6 Å². The molecule has 0 aliphatic heterocycles. The number of hydrazine groups is 1. The predicted molar refractivity (Wildman–Crippen MR) is 78.1 cm³/mol. The first-order valence-corrected chi connectivity index (χ1v) is 6.44. The maximum absolute atomic E-state index is 5.45. The van der Waals surface area contributed by atoms with Gasteiger partial charge in [-0.05, 0) is 25.7 Å². The highest BCUT2D eigenvalue weighted by Gasteiger charge is 2.18. The van der Waals surface area contributed by atoms with Crippen LogP contribution < -0.4 is 16.6 Å². The number of nitrogens with zero attached hydrogens (tertiary/aromatic N) is 2. The Kier molecular flexibility index (Phi) is 5.50. The van der Waals surface area contributed by atoms with Gasteiger partial charge < -0.3 is 15.5 Å². The molecule has 1 aromatic rings. The Morgan fingerprint density at radius 3 is 2.42 bits per heavy atom. The number of rotatable bonds is 7. The monoisotopic (exact) mass is 267 g/mol. The molecule has 108 valence electrons. The minimum Gasteiger partial charge on any atom is -0.385 e. The molecule has 0 saturated heterocycles. The largest absolute Gasteiger partial charge is 0.385 e. The third kappa shape index (κ3) is 4.65. The molecule has 19 heavy (non-hydrogen) atoms. The lowest BCUT2D eigenvalue weighted by Gasteiger charge is -2.25. The summed E-state index contributed by atoms with van der Waals surface area (Å²) in [5, 5.41) is 3.38. The second kappa shape index (κ2) is 6.68. The summed E-state index contributed by atoms with van der Waals surface area (Å²) in [4.78, 5) is 8.65. The topological polar surface area (TPSA) is 85.1 Å². The Hall–Kier alpha value is -1.40. The Bertz CT molecular complexity index is 420. The lowest BCUT2D eigenvalue weighted by Crippen LogP contribution is -2.26. The normalized spacial score (nSPS) is 11.5. The van der Waals surface area contributed by atoms with Crippen LogP contribution in [0.4, 0.5) is 11.6 Å². The molecule has 1 rings (SSSR count). The molecule has 1 aromatic heterocycles. The van der Waals surface area contributed by atoms with Crippen molar-refractivity contribution in [3.63, 3.8) is 0 Å². The molecule has 6 nitrogen and oxygen atoms in total. The Morgan fingerprint density at radius 2 is 1.84 bits per heavy atom. The number of nitrogens with two attached hydrogens (primary N) is 1. The zero-order valence-corrected chi connectivity index (χ0v) is 12.5. The average Bonchev–Trinajstić information content (AvgIpc) is 2.37. The number of nitrogen functional groups attached to an aromatic ring is 1. The van der Waals surface area contributed by atoms with Gasteiger partial charge in [0.2, 0.25) is 0 Å². The number of ether oxygens (including phenoxy) is 1. The van der Waals surface area contributed by atoms with E-state index in [0.717, 1.165) is 31.0 Å². The van der Waals surface area contributed by atoms with Crippen LogP contribution in [0.5, 0.6) is 0 Å². The molecule has 0 radical (unpaired) electrons. The summed E-state index contributed by atoms with van der Waals surface area (Å²) < 4.78 is 5.13. The van der Waals surface area contributed by atoms with Gasteiger partial charge in [-0.25, -0.2) is 15.8 Å². The van der Waals surface area contributed by atoms with Crippen LogP contribution >= 0.6 is 0 Å². The molecule has 4 N–H and O–H groups in total. The number of hydrogen-bond acceptors (Lipinski definition) is 6. The van der Waals surface area contributed by atoms with Crippen LogP contribution in [0.25, 0.3) is 0 Å². The highest BCUT2D eigenvalue weighted by Crippen LogP contribution is 2.24. The molecule has 0 aliphatic rings. The molecular weight excluding hydrogens is 242 g/mol. The van der Waals surface area contributed by atoms with E-state index in [1.54, 1.807) is 7.11 Å². The quantitative estimate of drug-likeness (QED) is 0.516. The smallest absolute Gasteiger partial charge is 0.148 e. The van der Waals surface area contributed by atoms with Crippen LogP contribution in [-0.2, 0) is 4.74 Å². The van der Waals surface area contributed by atoms with E-state index in [9.17, 15) is 0 Å². The van der Waals surface area contributed by atoms with Crippen molar-refractivity contribution in [2.24, 2.45) is 11.3 Å². The summed E-state index contributed by atoms with van der Waals surface area (Å²) in [6.07, 6.45) is 0.988. The number of hydrogen-bond donors (Lipinski definition) is 3. The van der Waals surface area contributed by atoms with Gasteiger partial charge in [0.25, 0.3) is 0 Å². The summed E-state index contributed by atoms with van der Waals surface area (Å²) in [6, 6.07) is 0. The van der Waals surface area contributed by atoms with E-state index in [-0.39, 0.29) is 5.41 Å². The predicted octanol–water partition coefficient (Wildman–Crippen LogP) is 1.85. The van der Waals surface area contributed by atoms with Crippen molar-refractivity contribution in [1.82, 2.24) is 9.97 Å². The van der Waals surface area contributed by atoms with Gasteiger partial charge in [-0.1, -0.05) is 13.8 Å². The average molecular weight is 267 g/mol. The second-order valence-corrected chi connectivity index (χ2v) is 5.50. The van der Waals surface area contributed by atoms with Crippen molar-refractivity contribution in [3.05, 3.63) is 11.4 Å². The summed E-state index contributed by atoms with van der Waals surface area (Å²) in [7, 11) is 1.72. The van der Waals surface area contributed by atoms with Gasteiger partial charge in [-0.3, -0.25) is 0 Å². The Morgan fingerprint density at radius 1 is 1.21 bits per heavy atom. The van der Waals surface area contributed by atoms with E-state index in [1.807, 2.05) is 13.8 Å². The van der Waals surface area contributed by atoms with E-state index >= 15 is 0 Å². The molecule has 0 saturated carbocycles. The van der Waals surface area contributed by atoms with Crippen LogP contribution in [0.15, 0.2) is 0 Å². The highest BCUT2D eigenvalue weighted by atomic mass is 16.5. The van der Waals surface area contributed by atoms with E-state index < -0.39 is 0 Å². The van der Waals surface area contributed by atoms with Gasteiger partial charge >= 0.3 is 0 Å². The van der Waals surface area contributed by atoms with Gasteiger partial charge in [0.1, 0.15) is 17.5 Å². The summed E-state index contributed by atoms with van der Waals surface area (Å²) in [6.45, 7) is 9.76. The number of methoxy groups -OCH3 is 1. The lowest BCUT2D eigenvalue weighted by atomic mass is 9.89. The van der Waals surface area contributed by atoms with Crippen LogP contribution in [0, 0.1) is 19.3 Å². The minimum absolute atomic E-state index is 0.137. The van der Waals surface area contributed by atoms with Crippen LogP contribution in [0.3, 0.4) is 0 Å². The number of aromatic nitrogens is 2. The summed E-state index contributed by atoms with van der Waals surface area (Å²) in [5.74, 6) is 7.62. The van der Waals surface area contributed by atoms with Crippen molar-refractivity contribution < 1.29 is 4.74 Å². The van der Waals surface area contributed by atoms with Crippen LogP contribution in [0.2, 0.25) is 0 Å². The molecule has 1 heterocycles. The summed E-state index contributed by atoms with van der Waals surface area (Å²) >= 11 is 0. The SMILES string of the molecule is COCCC(C)(C)CNc1nc(C)nc(NN)c1C. The fraction of sp³-hybridized carbons (Fsp3) is 0.692. The van der Waals surface area contributed by atoms with Crippen molar-refractivity contribution >= 4 is 11.6 Å². The fourth-order valence-corrected chi connectivity index (χ4v) is 1.73. The van der Waals surface area contributed by atoms with Gasteiger partial charge in [0.15, 0.2) is 0 Å². The van der Waals surface area contributed by atoms with E-state index in [0.29, 0.717) is 11.6 Å². The van der Waals surface area contributed by atoms with Crippen molar-refractivity contribution in [2.75, 3.05) is 31.0 Å². The van der Waals surface area contributed by atoms with Crippen molar-refractivity contribution in [2.45, 2.75) is 34.1 Å². The third-order valence-corrected chi connectivity index (χ3v) is 3.11. The first kappa shape index (κ1) is 15.7. The number of anilines is 2. The molecule has 6 heteroatoms. The fourth-order valence-electron chi connectivity index (χ4n) is 1.73. The molecule has 0 atom stereocenters. The summed E-state index contributed by atoms with van der Waals surface area (Å²) in [5.41, 5.74) is 3.66. The van der Waals surface area contributed by atoms with Gasteiger partial charge in [0.05, 0.1) is 0 Å². The molecule has 0 bridgehead atoms. The molecular formula is C13H25N5O. The molecule has 0 spiro atoms. The third-order valence-electron chi connectivity index (χ3n) is 3.11. The van der Waals surface area contributed by atoms with Crippen LogP contribution in [-0.4, -0.2) is 30.2 Å². The zero-order valence-electron chi connectivity index (χ0n) is 12.5. The zero-order chi connectivity index (χ0) is 14.5. The molecule has 0 aliphatic carbocycles. The maximum atomic E-state index is 5.45. The van der Waals surface area contributed by atoms with E-state index in [4.69, 9.17) is 10.6 Å². The molecule has 0 unspecified atom stereocenters. The maximum Gasteiger partial charge on any atom is 0.148 e. The second-order valence-electron chi connectivity index (χ2n) is 5.50. The number of aryl methyl sites for hydroxylation is 1. The first-order chi connectivity index (χ1) is 8.89. The first-order valence-electron chi connectivity index (χ1n) is 6.44. The highest BCUT2D eigenvalue weighted by molar-refractivity contribution is 5.56. The van der Waals surface area contributed by atoms with E-state index in [1.165, 1.54) is 0 Å². The van der Waals surface area contributed by atoms with Gasteiger partial charge in [-0.2, -0.15) is 0 Å². The minimum atomic E-state index is 0.137. The molecule has 0 aromatic carbocycles. The van der Waals surface area contributed by atoms with Crippen LogP contribution in [0.1, 0.15) is 31.7 Å². The number of nitrogens with one attached hydrogen (secondary N) is 2. The van der Waals surface area contributed by atoms with Crippen molar-refractivity contribution in [1.29, 1.82) is 0 Å². The lowest BCUT2D eigenvalue weighted by molar-refractivity contribution is 0.157. The Balaban J connectivity index is 2.74. The van der Waals surface area contributed by atoms with Gasteiger partial charge in [-0.15, -0.1) is 0 Å². The molecule has 0 fully saturated rings. The Labute approximate surface area is 115 Å². The standard InChI is InChI=1S/C13H25N5O/c1-9-11(16-10(2)17-12(9)18-14)15-8-13(3,4)6-7-19-5/h6-8,14H2,1-5H3,(H2,15,16,17,18). The molecule has 0 amide bonds. The van der Waals surface area contributed by atoms with Crippen molar-refractivity contribution in [3.8, 4) is 0 Å².